The van der Waals surface area contributed by atoms with Crippen molar-refractivity contribution in [3.8, 4) is 5.75 Å². The summed E-state index contributed by atoms with van der Waals surface area (Å²) in [6, 6.07) is 0.422. The summed E-state index contributed by atoms with van der Waals surface area (Å²) in [5.74, 6) is -1.48. The Morgan fingerprint density at radius 2 is 1.39 bits per heavy atom. The molecule has 0 saturated carbocycles. The molecular weight excluding hydrogens is 438 g/mol. The van der Waals surface area contributed by atoms with Gasteiger partial charge in [0.1, 0.15) is 9.79 Å². The third kappa shape index (κ3) is 6.93. The largest absolute Gasteiger partial charge is 1.00 e. The first-order valence-corrected chi connectivity index (χ1v) is 10.5. The molecule has 23 heavy (non-hydrogen) atoms. The van der Waals surface area contributed by atoms with Crippen molar-refractivity contribution in [3.05, 3.63) is 12.1 Å². The van der Waals surface area contributed by atoms with Gasteiger partial charge in [0.25, 0.3) is 20.2 Å². The number of phenolic OH excluding ortho intramolecular Hbond substituents is 1. The molecule has 124 valence electrons. The van der Waals surface area contributed by atoms with Crippen LogP contribution in [0.4, 0.5) is 0 Å². The van der Waals surface area contributed by atoms with E-state index < -0.39 is 50.8 Å². The Kier molecular flexibility index (Phi) is 10.9. The fraction of sp³-hybridized carbons (Fsp3) is 0. The van der Waals surface area contributed by atoms with E-state index in [2.05, 4.69) is 15.3 Å². The van der Waals surface area contributed by atoms with Crippen LogP contribution < -0.4 is 59.1 Å². The van der Waals surface area contributed by atoms with Gasteiger partial charge in [0.2, 0.25) is 0 Å². The minimum Gasteiger partial charge on any atom is -1.00 e. The van der Waals surface area contributed by atoms with E-state index in [9.17, 15) is 30.4 Å². The predicted octanol–water partition coefficient (Wildman–Crippen LogP) is -5.68. The van der Waals surface area contributed by atoms with Gasteiger partial charge < -0.3 is 7.96 Å². The van der Waals surface area contributed by atoms with Crippen LogP contribution in [0.2, 0.25) is 0 Å². The van der Waals surface area contributed by atoms with E-state index in [1.807, 2.05) is 0 Å². The number of thiol groups is 1. The third-order valence-electron chi connectivity index (χ3n) is 1.98. The number of aromatic hydroxyl groups is 1. The van der Waals surface area contributed by atoms with Gasteiger partial charge in [-0.3, -0.25) is 9.11 Å². The third-order valence-corrected chi connectivity index (χ3v) is 6.03. The standard InChI is InChI=1S/C6H6O10S5.2Na.2H/c7-6-4(20(11,12)13)1-3(19(8,9)10)2-5(6)21(14,15)16-18-17;;;;/h1-2,7,17H,(H,8,9,10)(H,11,12,13);;;;/q;2*+1;2*-1. The van der Waals surface area contributed by atoms with E-state index in [-0.39, 0.29) is 85.2 Å². The molecular formula is C6H8Na2O10S5. The molecule has 1 aromatic carbocycles. The van der Waals surface area contributed by atoms with Crippen molar-refractivity contribution >= 4 is 53.1 Å². The van der Waals surface area contributed by atoms with E-state index in [1.54, 1.807) is 0 Å². The molecule has 0 saturated heterocycles. The summed E-state index contributed by atoms with van der Waals surface area (Å²) in [5.41, 5.74) is 0. The number of hydrogen-bond donors (Lipinski definition) is 4. The molecule has 17 heteroatoms. The molecule has 0 atom stereocenters. The number of phenols is 1. The molecule has 0 aliphatic carbocycles. The van der Waals surface area contributed by atoms with Gasteiger partial charge in [-0.15, -0.1) is 0 Å². The van der Waals surface area contributed by atoms with Gasteiger partial charge in [0.15, 0.2) is 5.75 Å². The van der Waals surface area contributed by atoms with Crippen molar-refractivity contribution in [2.45, 2.75) is 14.7 Å². The number of rotatable bonds is 5. The first-order valence-electron chi connectivity index (χ1n) is 4.37. The fourth-order valence-electron chi connectivity index (χ4n) is 1.17. The molecule has 0 fully saturated rings. The maximum Gasteiger partial charge on any atom is 1.00 e. The number of hydrogen-bond acceptors (Lipinski definition) is 10. The average Bonchev–Trinajstić information content (AvgIpc) is 2.25. The van der Waals surface area contributed by atoms with Crippen LogP contribution in [-0.2, 0) is 34.0 Å². The van der Waals surface area contributed by atoms with Crippen LogP contribution >= 0.6 is 22.7 Å². The molecule has 1 rings (SSSR count). The van der Waals surface area contributed by atoms with Gasteiger partial charge in [-0.05, 0) is 12.1 Å². The van der Waals surface area contributed by atoms with Crippen LogP contribution in [0.3, 0.4) is 0 Å². The second-order valence-corrected chi connectivity index (χ2v) is 8.62. The summed E-state index contributed by atoms with van der Waals surface area (Å²) in [4.78, 5) is -3.94. The Labute approximate surface area is 188 Å². The van der Waals surface area contributed by atoms with Crippen LogP contribution in [-0.4, -0.2) is 39.5 Å². The Hall–Kier alpha value is 1.45. The van der Waals surface area contributed by atoms with Crippen molar-refractivity contribution in [1.82, 2.24) is 0 Å². The second-order valence-electron chi connectivity index (χ2n) is 3.31. The summed E-state index contributed by atoms with van der Waals surface area (Å²) in [6.45, 7) is 0. The van der Waals surface area contributed by atoms with Crippen molar-refractivity contribution in [2.75, 3.05) is 0 Å². The summed E-state index contributed by atoms with van der Waals surface area (Å²) < 4.78 is 89.1. The van der Waals surface area contributed by atoms with Gasteiger partial charge in [0.05, 0.1) is 16.0 Å². The molecule has 0 bridgehead atoms. The van der Waals surface area contributed by atoms with Crippen molar-refractivity contribution in [1.29, 1.82) is 0 Å². The second kappa shape index (κ2) is 9.40. The van der Waals surface area contributed by atoms with Crippen LogP contribution in [0.5, 0.6) is 5.75 Å². The topological polar surface area (TPSA) is 172 Å². The van der Waals surface area contributed by atoms with Crippen molar-refractivity contribution < 1.29 is 105 Å². The van der Waals surface area contributed by atoms with Crippen LogP contribution in [0.15, 0.2) is 26.8 Å². The van der Waals surface area contributed by atoms with E-state index >= 15 is 0 Å². The zero-order valence-corrected chi connectivity index (χ0v) is 19.6. The molecule has 0 aliphatic heterocycles. The summed E-state index contributed by atoms with van der Waals surface area (Å²) in [6.07, 6.45) is 0. The molecule has 1 aromatic rings. The minimum atomic E-state index is -5.19. The maximum absolute atomic E-state index is 11.6. The van der Waals surface area contributed by atoms with Crippen molar-refractivity contribution in [3.63, 3.8) is 0 Å². The monoisotopic (exact) mass is 446 g/mol. The molecule has 0 radical (unpaired) electrons. The summed E-state index contributed by atoms with van der Waals surface area (Å²) >= 11 is 3.37. The normalized spacial score (nSPS) is 12.1. The Balaban J connectivity index is -0.000000551. The molecule has 3 N–H and O–H groups in total. The SMILES string of the molecule is O=S(=O)(O)c1cc(S(=O)(=O)O)c(O)c(S(=O)(=O)OSS)c1.[H-].[H-].[Na+].[Na+]. The molecule has 0 unspecified atom stereocenters. The van der Waals surface area contributed by atoms with E-state index in [0.29, 0.717) is 0 Å². The Morgan fingerprint density at radius 3 is 1.74 bits per heavy atom. The summed E-state index contributed by atoms with van der Waals surface area (Å²) in [5, 5.41) is 9.57. The van der Waals surface area contributed by atoms with Gasteiger partial charge in [0, 0.05) is 0 Å². The molecule has 0 spiro atoms. The predicted molar refractivity (Wildman–Crippen MR) is 74.8 cm³/mol. The molecule has 0 aromatic heterocycles. The Morgan fingerprint density at radius 1 is 0.957 bits per heavy atom. The maximum atomic E-state index is 11.6. The van der Waals surface area contributed by atoms with Gasteiger partial charge in [-0.1, -0.05) is 11.7 Å². The zero-order chi connectivity index (χ0) is 16.6. The number of benzene rings is 1. The van der Waals surface area contributed by atoms with Gasteiger partial charge in [-0.25, -0.2) is 0 Å². The van der Waals surface area contributed by atoms with Crippen molar-refractivity contribution in [2.24, 2.45) is 0 Å². The van der Waals surface area contributed by atoms with E-state index in [0.717, 1.165) is 0 Å². The fourth-order valence-corrected chi connectivity index (χ4v) is 4.50. The first-order chi connectivity index (χ1) is 9.30. The smallest absolute Gasteiger partial charge is 1.00 e. The molecule has 10 nitrogen and oxygen atoms in total. The van der Waals surface area contributed by atoms with Crippen LogP contribution in [0.1, 0.15) is 2.85 Å². The zero-order valence-electron chi connectivity index (χ0n) is 13.4. The molecule has 0 aliphatic rings. The molecule has 0 heterocycles. The first kappa shape index (κ1) is 26.7. The minimum absolute atomic E-state index is 0. The van der Waals surface area contributed by atoms with Crippen LogP contribution in [0.25, 0.3) is 0 Å². The molecule has 0 amide bonds. The van der Waals surface area contributed by atoms with E-state index in [1.165, 1.54) is 0 Å². The average molecular weight is 446 g/mol. The summed E-state index contributed by atoms with van der Waals surface area (Å²) in [7, 11) is -15.0. The van der Waals surface area contributed by atoms with E-state index in [4.69, 9.17) is 9.11 Å². The van der Waals surface area contributed by atoms with Crippen LogP contribution in [0, 0.1) is 0 Å². The Bertz CT molecular complexity index is 885. The van der Waals surface area contributed by atoms with Gasteiger partial charge in [-0.2, -0.15) is 28.9 Å². The van der Waals surface area contributed by atoms with Gasteiger partial charge >= 0.3 is 69.2 Å². The quantitative estimate of drug-likeness (QED) is 0.112.